The quantitative estimate of drug-likeness (QED) is 0.512. The molecule has 140 valence electrons. The van der Waals surface area contributed by atoms with Crippen LogP contribution < -0.4 is 5.32 Å². The number of thiazole rings is 1. The Morgan fingerprint density at radius 1 is 1.04 bits per heavy atom. The van der Waals surface area contributed by atoms with Crippen LogP contribution in [-0.4, -0.2) is 15.9 Å². The number of aromatic nitrogens is 2. The van der Waals surface area contributed by atoms with Gasteiger partial charge in [-0.05, 0) is 50.1 Å². The van der Waals surface area contributed by atoms with Gasteiger partial charge in [-0.15, -0.1) is 0 Å². The van der Waals surface area contributed by atoms with Crippen LogP contribution >= 0.6 is 11.3 Å². The summed E-state index contributed by atoms with van der Waals surface area (Å²) < 4.78 is 0. The van der Waals surface area contributed by atoms with E-state index in [4.69, 9.17) is 4.98 Å². The summed E-state index contributed by atoms with van der Waals surface area (Å²) in [7, 11) is 0. The van der Waals surface area contributed by atoms with Crippen molar-refractivity contribution in [3.63, 3.8) is 0 Å². The maximum absolute atomic E-state index is 12.2. The van der Waals surface area contributed by atoms with Crippen molar-refractivity contribution >= 4 is 22.4 Å². The summed E-state index contributed by atoms with van der Waals surface area (Å²) in [6.07, 6.45) is 7.19. The molecule has 0 aliphatic heterocycles. The van der Waals surface area contributed by atoms with Gasteiger partial charge in [-0.3, -0.25) is 9.78 Å². The third-order valence-electron chi connectivity index (χ3n) is 4.32. The first-order valence-electron chi connectivity index (χ1n) is 9.36. The molecule has 5 heteroatoms. The van der Waals surface area contributed by atoms with Gasteiger partial charge in [0, 0.05) is 24.4 Å². The molecule has 1 aromatic carbocycles. The molecule has 0 saturated carbocycles. The molecule has 1 amide bonds. The van der Waals surface area contributed by atoms with Gasteiger partial charge in [0.15, 0.2) is 5.13 Å². The predicted molar refractivity (Wildman–Crippen MR) is 113 cm³/mol. The Kier molecular flexibility index (Phi) is 6.35. The predicted octanol–water partition coefficient (Wildman–Crippen LogP) is 6.01. The average molecular weight is 380 g/mol. The third-order valence-corrected chi connectivity index (χ3v) is 5.34. The van der Waals surface area contributed by atoms with Gasteiger partial charge in [-0.1, -0.05) is 48.3 Å². The van der Waals surface area contributed by atoms with E-state index in [0.717, 1.165) is 41.0 Å². The van der Waals surface area contributed by atoms with E-state index in [9.17, 15) is 4.79 Å². The fourth-order valence-corrected chi connectivity index (χ4v) is 4.11. The Morgan fingerprint density at radius 2 is 1.74 bits per heavy atom. The summed E-state index contributed by atoms with van der Waals surface area (Å²) >= 11 is 1.52. The highest BCUT2D eigenvalue weighted by Crippen LogP contribution is 2.39. The number of carbonyl (C=O) groups excluding carboxylic acids is 1. The maximum Gasteiger partial charge on any atom is 0.226 e. The van der Waals surface area contributed by atoms with Crippen molar-refractivity contribution in [2.75, 3.05) is 5.32 Å². The van der Waals surface area contributed by atoms with Gasteiger partial charge in [0.1, 0.15) is 0 Å². The Hall–Kier alpha value is -2.53. The molecule has 2 aromatic heterocycles. The molecule has 27 heavy (non-hydrogen) atoms. The SMILES string of the molecule is CCCCCC(=O)Nc1nc(-c2cc(C)cc(C)c2)c(-c2ccncc2)s1. The summed E-state index contributed by atoms with van der Waals surface area (Å²) in [5.41, 5.74) is 5.43. The summed E-state index contributed by atoms with van der Waals surface area (Å²) in [6.45, 7) is 6.31. The second-order valence-electron chi connectivity index (χ2n) is 6.81. The second kappa shape index (κ2) is 8.91. The molecule has 0 aliphatic carbocycles. The van der Waals surface area contributed by atoms with Gasteiger partial charge in [0.2, 0.25) is 5.91 Å². The largest absolute Gasteiger partial charge is 0.302 e. The van der Waals surface area contributed by atoms with Crippen LogP contribution in [-0.2, 0) is 4.79 Å². The van der Waals surface area contributed by atoms with Crippen molar-refractivity contribution < 1.29 is 4.79 Å². The molecule has 0 radical (unpaired) electrons. The van der Waals surface area contributed by atoms with Gasteiger partial charge in [0.25, 0.3) is 0 Å². The van der Waals surface area contributed by atoms with Crippen LogP contribution in [0.25, 0.3) is 21.7 Å². The molecule has 0 unspecified atom stereocenters. The van der Waals surface area contributed by atoms with E-state index < -0.39 is 0 Å². The number of anilines is 1. The molecule has 0 atom stereocenters. The van der Waals surface area contributed by atoms with Gasteiger partial charge < -0.3 is 5.32 Å². The summed E-state index contributed by atoms with van der Waals surface area (Å²) in [5, 5.41) is 3.63. The van der Waals surface area contributed by atoms with Crippen LogP contribution in [0.2, 0.25) is 0 Å². The van der Waals surface area contributed by atoms with E-state index in [1.54, 1.807) is 12.4 Å². The first kappa shape index (κ1) is 19.2. The van der Waals surface area contributed by atoms with Crippen LogP contribution in [0.5, 0.6) is 0 Å². The number of aryl methyl sites for hydroxylation is 2. The first-order valence-corrected chi connectivity index (χ1v) is 10.2. The Labute approximate surface area is 164 Å². The average Bonchev–Trinajstić information content (AvgIpc) is 3.06. The molecule has 3 rings (SSSR count). The van der Waals surface area contributed by atoms with Crippen LogP contribution in [0.1, 0.15) is 43.7 Å². The summed E-state index contributed by atoms with van der Waals surface area (Å²) in [5.74, 6) is 0.0328. The number of nitrogens with one attached hydrogen (secondary N) is 1. The topological polar surface area (TPSA) is 54.9 Å². The molecule has 1 N–H and O–H groups in total. The highest BCUT2D eigenvalue weighted by molar-refractivity contribution is 7.19. The van der Waals surface area contributed by atoms with Crippen molar-refractivity contribution in [1.29, 1.82) is 0 Å². The fourth-order valence-electron chi connectivity index (χ4n) is 3.10. The van der Waals surface area contributed by atoms with E-state index in [-0.39, 0.29) is 5.91 Å². The number of nitrogens with zero attached hydrogens (tertiary/aromatic N) is 2. The Morgan fingerprint density at radius 3 is 2.41 bits per heavy atom. The number of amides is 1. The van der Waals surface area contributed by atoms with Gasteiger partial charge in [-0.25, -0.2) is 4.98 Å². The normalized spacial score (nSPS) is 10.8. The highest BCUT2D eigenvalue weighted by Gasteiger charge is 2.17. The van der Waals surface area contributed by atoms with Gasteiger partial charge in [-0.2, -0.15) is 0 Å². The molecule has 0 aliphatic rings. The number of unbranched alkanes of at least 4 members (excludes halogenated alkanes) is 2. The molecule has 2 heterocycles. The third kappa shape index (κ3) is 5.01. The van der Waals surface area contributed by atoms with E-state index in [0.29, 0.717) is 11.6 Å². The Balaban J connectivity index is 1.96. The van der Waals surface area contributed by atoms with E-state index in [1.807, 2.05) is 12.1 Å². The number of benzene rings is 1. The first-order chi connectivity index (χ1) is 13.1. The lowest BCUT2D eigenvalue weighted by atomic mass is 10.0. The molecule has 0 spiro atoms. The number of hydrogen-bond donors (Lipinski definition) is 1. The summed E-state index contributed by atoms with van der Waals surface area (Å²) in [4.78, 5) is 22.2. The lowest BCUT2D eigenvalue weighted by Gasteiger charge is -2.05. The zero-order valence-corrected chi connectivity index (χ0v) is 16.9. The van der Waals surface area contributed by atoms with Crippen molar-refractivity contribution in [3.8, 4) is 21.7 Å². The summed E-state index contributed by atoms with van der Waals surface area (Å²) in [6, 6.07) is 10.4. The van der Waals surface area contributed by atoms with E-state index >= 15 is 0 Å². The zero-order valence-electron chi connectivity index (χ0n) is 16.1. The van der Waals surface area contributed by atoms with Crippen LogP contribution in [0.3, 0.4) is 0 Å². The minimum atomic E-state index is 0.0328. The zero-order chi connectivity index (χ0) is 19.2. The molecular weight excluding hydrogens is 354 g/mol. The number of pyridine rings is 1. The molecule has 0 bridgehead atoms. The molecule has 0 fully saturated rings. The number of hydrogen-bond acceptors (Lipinski definition) is 4. The second-order valence-corrected chi connectivity index (χ2v) is 7.81. The smallest absolute Gasteiger partial charge is 0.226 e. The van der Waals surface area contributed by atoms with E-state index in [1.165, 1.54) is 22.5 Å². The van der Waals surface area contributed by atoms with Crippen molar-refractivity contribution in [1.82, 2.24) is 9.97 Å². The molecule has 3 aromatic rings. The van der Waals surface area contributed by atoms with E-state index in [2.05, 4.69) is 49.3 Å². The highest BCUT2D eigenvalue weighted by atomic mass is 32.1. The monoisotopic (exact) mass is 379 g/mol. The van der Waals surface area contributed by atoms with Crippen LogP contribution in [0.4, 0.5) is 5.13 Å². The maximum atomic E-state index is 12.2. The van der Waals surface area contributed by atoms with Crippen LogP contribution in [0, 0.1) is 13.8 Å². The van der Waals surface area contributed by atoms with Crippen molar-refractivity contribution in [3.05, 3.63) is 53.9 Å². The molecular formula is C22H25N3OS. The lowest BCUT2D eigenvalue weighted by molar-refractivity contribution is -0.116. The van der Waals surface area contributed by atoms with Gasteiger partial charge in [0.05, 0.1) is 10.6 Å². The standard InChI is InChI=1S/C22H25N3OS/c1-4-5-6-7-19(26)24-22-25-20(18-13-15(2)12-16(3)14-18)21(27-22)17-8-10-23-11-9-17/h8-14H,4-7H2,1-3H3,(H,24,25,26). The van der Waals surface area contributed by atoms with Crippen LogP contribution in [0.15, 0.2) is 42.7 Å². The number of carbonyl (C=O) groups is 1. The van der Waals surface area contributed by atoms with Gasteiger partial charge >= 0.3 is 0 Å². The number of rotatable bonds is 7. The minimum Gasteiger partial charge on any atom is -0.302 e. The van der Waals surface area contributed by atoms with Crippen molar-refractivity contribution in [2.45, 2.75) is 46.5 Å². The lowest BCUT2D eigenvalue weighted by Crippen LogP contribution is -2.10. The van der Waals surface area contributed by atoms with Crippen molar-refractivity contribution in [2.24, 2.45) is 0 Å². The minimum absolute atomic E-state index is 0.0328. The Bertz CT molecular complexity index is 898. The molecule has 0 saturated heterocycles. The molecule has 4 nitrogen and oxygen atoms in total. The fraction of sp³-hybridized carbons (Fsp3) is 0.318.